The summed E-state index contributed by atoms with van der Waals surface area (Å²) >= 11 is 2.15. The van der Waals surface area contributed by atoms with Crippen molar-refractivity contribution in [3.63, 3.8) is 0 Å². The molecule has 1 unspecified atom stereocenters. The van der Waals surface area contributed by atoms with Crippen molar-refractivity contribution in [1.29, 1.82) is 0 Å². The smallest absolute Gasteiger partial charge is 0.00974 e. The molecule has 1 aliphatic rings. The quantitative estimate of drug-likeness (QED) is 0.735. The molecule has 0 saturated carbocycles. The fourth-order valence-electron chi connectivity index (χ4n) is 1.57. The van der Waals surface area contributed by atoms with Crippen molar-refractivity contribution in [2.75, 3.05) is 5.75 Å². The minimum Gasteiger partial charge on any atom is -0.326 e. The van der Waals surface area contributed by atoms with Gasteiger partial charge in [-0.3, -0.25) is 0 Å². The molecule has 1 heterocycles. The second kappa shape index (κ2) is 4.52. The van der Waals surface area contributed by atoms with Gasteiger partial charge in [0.2, 0.25) is 0 Å². The number of hydrogen-bond acceptors (Lipinski definition) is 2. The van der Waals surface area contributed by atoms with Crippen LogP contribution in [-0.4, -0.2) is 16.5 Å². The van der Waals surface area contributed by atoms with Crippen LogP contribution in [0.2, 0.25) is 0 Å². The third-order valence-corrected chi connectivity index (χ3v) is 3.85. The molecule has 0 aromatic rings. The largest absolute Gasteiger partial charge is 0.326 e. The lowest BCUT2D eigenvalue weighted by Gasteiger charge is -2.25. The maximum atomic E-state index is 5.94. The van der Waals surface area contributed by atoms with E-state index in [1.807, 2.05) is 0 Å². The first kappa shape index (κ1) is 10.4. The van der Waals surface area contributed by atoms with E-state index in [9.17, 15) is 0 Å². The van der Waals surface area contributed by atoms with Crippen LogP contribution in [-0.2, 0) is 0 Å². The van der Waals surface area contributed by atoms with Crippen molar-refractivity contribution in [1.82, 2.24) is 0 Å². The Morgan fingerprint density at radius 1 is 1.42 bits per heavy atom. The van der Waals surface area contributed by atoms with Gasteiger partial charge in [0, 0.05) is 10.8 Å². The second-order valence-corrected chi connectivity index (χ2v) is 5.92. The van der Waals surface area contributed by atoms with Crippen molar-refractivity contribution < 1.29 is 0 Å². The highest BCUT2D eigenvalue weighted by atomic mass is 32.2. The molecule has 1 saturated heterocycles. The van der Waals surface area contributed by atoms with Crippen LogP contribution in [0.5, 0.6) is 0 Å². The number of nitrogens with two attached hydrogens (primary N) is 1. The Bertz CT molecular complexity index is 122. The maximum Gasteiger partial charge on any atom is 0.00974 e. The lowest BCUT2D eigenvalue weighted by molar-refractivity contribution is 0.445. The Morgan fingerprint density at radius 3 is 2.67 bits per heavy atom. The normalized spacial score (nSPS) is 25.8. The Kier molecular flexibility index (Phi) is 3.91. The third-order valence-electron chi connectivity index (χ3n) is 2.38. The van der Waals surface area contributed by atoms with Gasteiger partial charge in [-0.15, -0.1) is 0 Å². The molecule has 0 aromatic heterocycles. The topological polar surface area (TPSA) is 26.0 Å². The molecule has 1 fully saturated rings. The maximum absolute atomic E-state index is 5.94. The highest BCUT2D eigenvalue weighted by Crippen LogP contribution is 2.29. The number of thioether (sulfide) groups is 1. The van der Waals surface area contributed by atoms with E-state index >= 15 is 0 Å². The lowest BCUT2D eigenvalue weighted by Crippen LogP contribution is -2.32. The molecule has 1 atom stereocenters. The molecule has 1 nitrogen and oxygen atoms in total. The van der Waals surface area contributed by atoms with E-state index in [-0.39, 0.29) is 5.54 Å². The molecule has 2 N–H and O–H groups in total. The van der Waals surface area contributed by atoms with Crippen molar-refractivity contribution in [2.45, 2.75) is 56.7 Å². The van der Waals surface area contributed by atoms with Crippen molar-refractivity contribution in [3.05, 3.63) is 0 Å². The molecular weight excluding hydrogens is 166 g/mol. The standard InChI is InChI=1S/C10H21NS/c1-10(2,11)7-6-9-5-3-4-8-12-9/h9H,3-8,11H2,1-2H3. The van der Waals surface area contributed by atoms with Crippen molar-refractivity contribution >= 4 is 11.8 Å². The first-order valence-electron chi connectivity index (χ1n) is 4.98. The molecular formula is C10H21NS. The fraction of sp³-hybridized carbons (Fsp3) is 1.00. The van der Waals surface area contributed by atoms with Crippen LogP contribution in [0, 0.1) is 0 Å². The van der Waals surface area contributed by atoms with E-state index in [1.165, 1.54) is 37.9 Å². The Hall–Kier alpha value is 0.310. The zero-order valence-corrected chi connectivity index (χ0v) is 9.12. The second-order valence-electron chi connectivity index (χ2n) is 4.52. The molecule has 0 aliphatic carbocycles. The van der Waals surface area contributed by atoms with E-state index in [0.717, 1.165) is 5.25 Å². The van der Waals surface area contributed by atoms with Gasteiger partial charge in [0.25, 0.3) is 0 Å². The average molecular weight is 187 g/mol. The van der Waals surface area contributed by atoms with Crippen molar-refractivity contribution in [2.24, 2.45) is 5.73 Å². The highest BCUT2D eigenvalue weighted by Gasteiger charge is 2.17. The predicted molar refractivity (Wildman–Crippen MR) is 57.6 cm³/mol. The van der Waals surface area contributed by atoms with Gasteiger partial charge in [-0.1, -0.05) is 6.42 Å². The van der Waals surface area contributed by atoms with Crippen LogP contribution in [0.3, 0.4) is 0 Å². The molecule has 0 spiro atoms. The van der Waals surface area contributed by atoms with E-state index < -0.39 is 0 Å². The molecule has 1 rings (SSSR count). The van der Waals surface area contributed by atoms with Crippen LogP contribution in [0.25, 0.3) is 0 Å². The Labute approximate surface area is 80.5 Å². The van der Waals surface area contributed by atoms with Gasteiger partial charge in [0.05, 0.1) is 0 Å². The number of rotatable bonds is 3. The summed E-state index contributed by atoms with van der Waals surface area (Å²) in [4.78, 5) is 0. The molecule has 0 aromatic carbocycles. The van der Waals surface area contributed by atoms with Crippen molar-refractivity contribution in [3.8, 4) is 0 Å². The molecule has 1 aliphatic heterocycles. The van der Waals surface area contributed by atoms with Crippen LogP contribution in [0.4, 0.5) is 0 Å². The zero-order chi connectivity index (χ0) is 9.03. The highest BCUT2D eigenvalue weighted by molar-refractivity contribution is 7.99. The van der Waals surface area contributed by atoms with E-state index in [2.05, 4.69) is 25.6 Å². The fourth-order valence-corrected chi connectivity index (χ4v) is 2.89. The molecule has 0 amide bonds. The molecule has 2 heteroatoms. The summed E-state index contributed by atoms with van der Waals surface area (Å²) in [5.41, 5.74) is 5.98. The first-order chi connectivity index (χ1) is 5.58. The number of hydrogen-bond donors (Lipinski definition) is 1. The molecule has 12 heavy (non-hydrogen) atoms. The monoisotopic (exact) mass is 187 g/mol. The van der Waals surface area contributed by atoms with E-state index in [4.69, 9.17) is 5.73 Å². The Morgan fingerprint density at radius 2 is 2.17 bits per heavy atom. The summed E-state index contributed by atoms with van der Waals surface area (Å²) < 4.78 is 0. The molecule has 0 bridgehead atoms. The predicted octanol–water partition coefficient (Wildman–Crippen LogP) is 2.79. The van der Waals surface area contributed by atoms with Gasteiger partial charge < -0.3 is 5.73 Å². The SMILES string of the molecule is CC(C)(N)CCC1CCCCS1. The Balaban J connectivity index is 2.13. The van der Waals surface area contributed by atoms with Crippen LogP contribution >= 0.6 is 11.8 Å². The van der Waals surface area contributed by atoms with E-state index in [1.54, 1.807) is 0 Å². The summed E-state index contributed by atoms with van der Waals surface area (Å²) in [6.07, 6.45) is 6.76. The van der Waals surface area contributed by atoms with Crippen LogP contribution in [0.1, 0.15) is 46.0 Å². The molecule has 72 valence electrons. The van der Waals surface area contributed by atoms with Gasteiger partial charge in [0.1, 0.15) is 0 Å². The first-order valence-corrected chi connectivity index (χ1v) is 6.03. The van der Waals surface area contributed by atoms with Crippen LogP contribution in [0.15, 0.2) is 0 Å². The summed E-state index contributed by atoms with van der Waals surface area (Å²) in [5.74, 6) is 1.37. The third kappa shape index (κ3) is 4.36. The van der Waals surface area contributed by atoms with Crippen LogP contribution < -0.4 is 5.73 Å². The van der Waals surface area contributed by atoms with E-state index in [0.29, 0.717) is 0 Å². The van der Waals surface area contributed by atoms with Gasteiger partial charge in [-0.2, -0.15) is 11.8 Å². The van der Waals surface area contributed by atoms with Gasteiger partial charge in [0.15, 0.2) is 0 Å². The zero-order valence-electron chi connectivity index (χ0n) is 8.31. The summed E-state index contributed by atoms with van der Waals surface area (Å²) in [6, 6.07) is 0. The summed E-state index contributed by atoms with van der Waals surface area (Å²) in [5, 5.41) is 0.904. The van der Waals surface area contributed by atoms with Gasteiger partial charge in [-0.25, -0.2) is 0 Å². The van der Waals surface area contributed by atoms with Gasteiger partial charge in [-0.05, 0) is 45.3 Å². The minimum absolute atomic E-state index is 0.0397. The minimum atomic E-state index is 0.0397. The average Bonchev–Trinajstić information content (AvgIpc) is 2.02. The lowest BCUT2D eigenvalue weighted by atomic mass is 9.97. The molecule has 0 radical (unpaired) electrons. The summed E-state index contributed by atoms with van der Waals surface area (Å²) in [6.45, 7) is 4.25. The summed E-state index contributed by atoms with van der Waals surface area (Å²) in [7, 11) is 0. The van der Waals surface area contributed by atoms with Gasteiger partial charge >= 0.3 is 0 Å².